The second-order valence-corrected chi connectivity index (χ2v) is 5.64. The predicted octanol–water partition coefficient (Wildman–Crippen LogP) is 3.24. The lowest BCUT2D eigenvalue weighted by atomic mass is 9.56. The van der Waals surface area contributed by atoms with Crippen LogP contribution in [-0.4, -0.2) is 9.97 Å². The monoisotopic (exact) mass is 204 g/mol. The minimum Gasteiger partial charge on any atom is -0.351 e. The molecule has 1 heterocycles. The Hall–Kier alpha value is -0.790. The standard InChI is InChI=1S/C10H16.C3H4N2/c1-7-2-9-4-8(1)5-10(3-7)6-9;1-2-5-3-4-1/h7-10H,1-6H2;1-3H,(H,4,5). The molecule has 1 N–H and O–H groups in total. The third-order valence-electron chi connectivity index (χ3n) is 4.41. The highest BCUT2D eigenvalue weighted by molar-refractivity contribution is 4.92. The lowest BCUT2D eigenvalue weighted by molar-refractivity contribution is 0.0198. The first-order valence-corrected chi connectivity index (χ1v) is 6.33. The highest BCUT2D eigenvalue weighted by Gasteiger charge is 2.41. The molecule has 1 aromatic rings. The Morgan fingerprint density at radius 3 is 1.47 bits per heavy atom. The number of rotatable bonds is 0. The molecule has 15 heavy (non-hydrogen) atoms. The second kappa shape index (κ2) is 3.99. The number of imidazole rings is 1. The molecule has 4 fully saturated rings. The van der Waals surface area contributed by atoms with Gasteiger partial charge >= 0.3 is 0 Å². The van der Waals surface area contributed by atoms with Crippen LogP contribution in [0.1, 0.15) is 38.5 Å². The van der Waals surface area contributed by atoms with E-state index in [1.807, 2.05) is 0 Å². The van der Waals surface area contributed by atoms with Crippen LogP contribution < -0.4 is 0 Å². The van der Waals surface area contributed by atoms with E-state index < -0.39 is 0 Å². The molecule has 0 atom stereocenters. The maximum absolute atomic E-state index is 3.67. The first kappa shape index (κ1) is 9.44. The smallest absolute Gasteiger partial charge is 0.0919 e. The minimum atomic E-state index is 1.18. The van der Waals surface area contributed by atoms with Crippen LogP contribution in [0.2, 0.25) is 0 Å². The van der Waals surface area contributed by atoms with Crippen LogP contribution in [0.3, 0.4) is 0 Å². The van der Waals surface area contributed by atoms with Crippen molar-refractivity contribution in [3.05, 3.63) is 18.7 Å². The van der Waals surface area contributed by atoms with Gasteiger partial charge in [0.1, 0.15) is 0 Å². The Labute approximate surface area is 91.5 Å². The summed E-state index contributed by atoms with van der Waals surface area (Å²) >= 11 is 0. The highest BCUT2D eigenvalue weighted by atomic mass is 14.8. The van der Waals surface area contributed by atoms with Gasteiger partial charge in [-0.05, 0) is 62.2 Å². The van der Waals surface area contributed by atoms with Crippen molar-refractivity contribution in [2.45, 2.75) is 38.5 Å². The normalized spacial score (nSPS) is 41.1. The summed E-state index contributed by atoms with van der Waals surface area (Å²) in [6, 6.07) is 0. The van der Waals surface area contributed by atoms with Crippen LogP contribution >= 0.6 is 0 Å². The highest BCUT2D eigenvalue weighted by Crippen LogP contribution is 2.53. The van der Waals surface area contributed by atoms with E-state index in [4.69, 9.17) is 0 Å². The van der Waals surface area contributed by atoms with Crippen molar-refractivity contribution in [3.8, 4) is 0 Å². The number of hydrogen-bond acceptors (Lipinski definition) is 1. The van der Waals surface area contributed by atoms with Crippen LogP contribution in [0.4, 0.5) is 0 Å². The van der Waals surface area contributed by atoms with E-state index in [2.05, 4.69) is 9.97 Å². The fourth-order valence-electron chi connectivity index (χ4n) is 4.20. The van der Waals surface area contributed by atoms with E-state index in [0.717, 1.165) is 0 Å². The molecule has 0 amide bonds. The van der Waals surface area contributed by atoms with Gasteiger partial charge in [-0.1, -0.05) is 0 Å². The number of hydrogen-bond donors (Lipinski definition) is 1. The summed E-state index contributed by atoms with van der Waals surface area (Å²) in [5.74, 6) is 4.71. The molecule has 5 rings (SSSR count). The van der Waals surface area contributed by atoms with Gasteiger partial charge in [-0.15, -0.1) is 0 Å². The molecule has 0 unspecified atom stereocenters. The topological polar surface area (TPSA) is 28.7 Å². The molecular weight excluding hydrogens is 184 g/mol. The van der Waals surface area contributed by atoms with Crippen LogP contribution in [0, 0.1) is 23.7 Å². The van der Waals surface area contributed by atoms with E-state index in [9.17, 15) is 0 Å². The minimum absolute atomic E-state index is 1.18. The van der Waals surface area contributed by atoms with Crippen molar-refractivity contribution in [2.24, 2.45) is 23.7 Å². The molecule has 0 aliphatic heterocycles. The van der Waals surface area contributed by atoms with Gasteiger partial charge in [-0.3, -0.25) is 0 Å². The lowest BCUT2D eigenvalue weighted by Gasteiger charge is -2.49. The molecule has 4 saturated carbocycles. The molecule has 4 aliphatic carbocycles. The SMILES string of the molecule is C1C2CC3CC1CC(C2)C3.c1c[nH]cn1. The van der Waals surface area contributed by atoms with Crippen LogP contribution in [0.5, 0.6) is 0 Å². The Bertz CT molecular complexity index is 218. The number of nitrogens with one attached hydrogen (secondary N) is 1. The van der Waals surface area contributed by atoms with Gasteiger partial charge in [-0.25, -0.2) is 4.98 Å². The zero-order valence-corrected chi connectivity index (χ0v) is 9.23. The predicted molar refractivity (Wildman–Crippen MR) is 60.2 cm³/mol. The number of nitrogens with zero attached hydrogens (tertiary/aromatic N) is 1. The van der Waals surface area contributed by atoms with E-state index in [-0.39, 0.29) is 0 Å². The van der Waals surface area contributed by atoms with E-state index in [0.29, 0.717) is 0 Å². The largest absolute Gasteiger partial charge is 0.351 e. The molecule has 0 aromatic carbocycles. The quantitative estimate of drug-likeness (QED) is 0.690. The average Bonchev–Trinajstić information content (AvgIpc) is 2.72. The van der Waals surface area contributed by atoms with Gasteiger partial charge in [-0.2, -0.15) is 0 Å². The molecule has 4 aliphatic rings. The van der Waals surface area contributed by atoms with Crippen LogP contribution in [-0.2, 0) is 0 Å². The summed E-state index contributed by atoms with van der Waals surface area (Å²) in [5.41, 5.74) is 0. The van der Waals surface area contributed by atoms with Crippen molar-refractivity contribution in [2.75, 3.05) is 0 Å². The zero-order valence-electron chi connectivity index (χ0n) is 9.23. The third kappa shape index (κ3) is 2.09. The molecule has 4 bridgehead atoms. The molecule has 2 nitrogen and oxygen atoms in total. The number of H-pyrrole nitrogens is 1. The Kier molecular flexibility index (Phi) is 2.51. The van der Waals surface area contributed by atoms with Crippen molar-refractivity contribution >= 4 is 0 Å². The van der Waals surface area contributed by atoms with Gasteiger partial charge in [0.05, 0.1) is 6.33 Å². The van der Waals surface area contributed by atoms with E-state index in [1.54, 1.807) is 57.2 Å². The molecule has 0 spiro atoms. The van der Waals surface area contributed by atoms with Crippen molar-refractivity contribution in [3.63, 3.8) is 0 Å². The second-order valence-electron chi connectivity index (χ2n) is 5.64. The molecule has 0 saturated heterocycles. The summed E-state index contributed by atoms with van der Waals surface area (Å²) in [4.78, 5) is 6.42. The number of aromatic nitrogens is 2. The van der Waals surface area contributed by atoms with Gasteiger partial charge in [0.2, 0.25) is 0 Å². The summed E-state index contributed by atoms with van der Waals surface area (Å²) in [7, 11) is 0. The summed E-state index contributed by atoms with van der Waals surface area (Å²) in [6.07, 6.45) is 14.7. The first-order valence-electron chi connectivity index (χ1n) is 6.33. The third-order valence-corrected chi connectivity index (χ3v) is 4.41. The maximum Gasteiger partial charge on any atom is 0.0919 e. The van der Waals surface area contributed by atoms with Gasteiger partial charge in [0.15, 0.2) is 0 Å². The van der Waals surface area contributed by atoms with Crippen molar-refractivity contribution in [1.29, 1.82) is 0 Å². The number of aromatic amines is 1. The van der Waals surface area contributed by atoms with Gasteiger partial charge in [0.25, 0.3) is 0 Å². The van der Waals surface area contributed by atoms with Gasteiger partial charge in [0, 0.05) is 12.4 Å². The molecule has 0 radical (unpaired) electrons. The van der Waals surface area contributed by atoms with Crippen LogP contribution in [0.25, 0.3) is 0 Å². The first-order chi connectivity index (χ1) is 7.40. The average molecular weight is 204 g/mol. The Morgan fingerprint density at radius 2 is 1.27 bits per heavy atom. The summed E-state index contributed by atoms with van der Waals surface area (Å²) in [6.45, 7) is 0. The molecule has 2 heteroatoms. The summed E-state index contributed by atoms with van der Waals surface area (Å²) < 4.78 is 0. The molecule has 82 valence electrons. The van der Waals surface area contributed by atoms with E-state index in [1.165, 1.54) is 23.7 Å². The zero-order chi connectivity index (χ0) is 10.1. The Balaban J connectivity index is 0.000000123. The molecular formula is C13H20N2. The lowest BCUT2D eigenvalue weighted by Crippen LogP contribution is -2.38. The maximum atomic E-state index is 3.67. The Morgan fingerprint density at radius 1 is 0.800 bits per heavy atom. The fourth-order valence-corrected chi connectivity index (χ4v) is 4.20. The fraction of sp³-hybridized carbons (Fsp3) is 0.769. The van der Waals surface area contributed by atoms with Gasteiger partial charge < -0.3 is 4.98 Å². The van der Waals surface area contributed by atoms with Crippen LogP contribution in [0.15, 0.2) is 18.7 Å². The van der Waals surface area contributed by atoms with Crippen molar-refractivity contribution < 1.29 is 0 Å². The summed E-state index contributed by atoms with van der Waals surface area (Å²) in [5, 5.41) is 0. The molecule has 1 aromatic heterocycles. The van der Waals surface area contributed by atoms with E-state index >= 15 is 0 Å². The van der Waals surface area contributed by atoms with Crippen molar-refractivity contribution in [1.82, 2.24) is 9.97 Å².